The van der Waals surface area contributed by atoms with E-state index in [2.05, 4.69) is 22.2 Å². The Bertz CT molecular complexity index is 339. The number of amides is 1. The van der Waals surface area contributed by atoms with Gasteiger partial charge in [-0.3, -0.25) is 4.79 Å². The van der Waals surface area contributed by atoms with Crippen LogP contribution in [0.4, 0.5) is 0 Å². The molecule has 15 heavy (non-hydrogen) atoms. The molecule has 1 fully saturated rings. The van der Waals surface area contributed by atoms with E-state index in [0.717, 1.165) is 24.9 Å². The Hall–Kier alpha value is -1.45. The molecule has 1 aromatic rings. The number of hydrogen-bond donors (Lipinski definition) is 1. The first-order valence-corrected chi connectivity index (χ1v) is 5.33. The average Bonchev–Trinajstić information content (AvgIpc) is 2.61. The zero-order chi connectivity index (χ0) is 10.7. The third-order valence-electron chi connectivity index (χ3n) is 3.00. The van der Waals surface area contributed by atoms with E-state index in [0.29, 0.717) is 5.92 Å². The van der Waals surface area contributed by atoms with E-state index in [4.69, 9.17) is 0 Å². The van der Waals surface area contributed by atoms with E-state index in [9.17, 15) is 4.79 Å². The fourth-order valence-electron chi connectivity index (χ4n) is 2.19. The molecule has 0 bridgehead atoms. The van der Waals surface area contributed by atoms with E-state index >= 15 is 0 Å². The molecule has 0 aromatic carbocycles. The van der Waals surface area contributed by atoms with Crippen molar-refractivity contribution in [1.82, 2.24) is 15.3 Å². The van der Waals surface area contributed by atoms with Gasteiger partial charge in [0.1, 0.15) is 6.33 Å². The summed E-state index contributed by atoms with van der Waals surface area (Å²) in [5, 5.41) is 2.91. The lowest BCUT2D eigenvalue weighted by molar-refractivity contribution is -0.123. The van der Waals surface area contributed by atoms with Gasteiger partial charge in [-0.05, 0) is 24.3 Å². The van der Waals surface area contributed by atoms with Crippen molar-refractivity contribution in [2.45, 2.75) is 19.8 Å². The fourth-order valence-corrected chi connectivity index (χ4v) is 2.19. The highest BCUT2D eigenvalue weighted by Crippen LogP contribution is 2.24. The van der Waals surface area contributed by atoms with Crippen LogP contribution in [0.5, 0.6) is 0 Å². The van der Waals surface area contributed by atoms with Gasteiger partial charge in [0.2, 0.25) is 5.91 Å². The molecule has 0 radical (unpaired) electrons. The van der Waals surface area contributed by atoms with E-state index in [-0.39, 0.29) is 11.8 Å². The molecule has 2 unspecified atom stereocenters. The summed E-state index contributed by atoms with van der Waals surface area (Å²) in [7, 11) is 0. The molecule has 2 heterocycles. The molecule has 4 nitrogen and oxygen atoms in total. The molecular weight excluding hydrogens is 190 g/mol. The minimum absolute atomic E-state index is 0.158. The first-order valence-electron chi connectivity index (χ1n) is 5.33. The minimum Gasteiger partial charge on any atom is -0.356 e. The Morgan fingerprint density at radius 2 is 2.20 bits per heavy atom. The summed E-state index contributed by atoms with van der Waals surface area (Å²) in [6, 6.07) is 0. The minimum atomic E-state index is 0.158. The summed E-state index contributed by atoms with van der Waals surface area (Å²) in [5.74, 6) is 0.748. The highest BCUT2D eigenvalue weighted by molar-refractivity contribution is 5.81. The monoisotopic (exact) mass is 205 g/mol. The van der Waals surface area contributed by atoms with E-state index < -0.39 is 0 Å². The lowest BCUT2D eigenvalue weighted by Crippen LogP contribution is -2.19. The van der Waals surface area contributed by atoms with Crippen molar-refractivity contribution < 1.29 is 4.79 Å². The van der Waals surface area contributed by atoms with Gasteiger partial charge < -0.3 is 5.32 Å². The van der Waals surface area contributed by atoms with Gasteiger partial charge in [0.15, 0.2) is 0 Å². The predicted octanol–water partition coefficient (Wildman–Crippen LogP) is 0.791. The van der Waals surface area contributed by atoms with Crippen LogP contribution < -0.4 is 5.32 Å². The standard InChI is InChI=1S/C11H15N3O/c1-2-10-9(6-14-11(10)15)3-8-4-12-7-13-5-8/h4-5,7,9-10H,2-3,6H2,1H3,(H,14,15). The van der Waals surface area contributed by atoms with Gasteiger partial charge in [0.25, 0.3) is 0 Å². The molecule has 4 heteroatoms. The zero-order valence-corrected chi connectivity index (χ0v) is 8.81. The van der Waals surface area contributed by atoms with E-state index in [1.807, 2.05) is 12.4 Å². The van der Waals surface area contributed by atoms with Crippen molar-refractivity contribution >= 4 is 5.91 Å². The molecule has 80 valence electrons. The summed E-state index contributed by atoms with van der Waals surface area (Å²) >= 11 is 0. The van der Waals surface area contributed by atoms with Crippen LogP contribution in [-0.2, 0) is 11.2 Å². The Balaban J connectivity index is 2.04. The number of carbonyl (C=O) groups excluding carboxylic acids is 1. The maximum absolute atomic E-state index is 11.5. The van der Waals surface area contributed by atoms with Gasteiger partial charge in [0.05, 0.1) is 0 Å². The van der Waals surface area contributed by atoms with E-state index in [1.165, 1.54) is 6.33 Å². The Labute approximate surface area is 89.1 Å². The summed E-state index contributed by atoms with van der Waals surface area (Å²) in [6.45, 7) is 2.84. The van der Waals surface area contributed by atoms with Crippen LogP contribution in [0.2, 0.25) is 0 Å². The fraction of sp³-hybridized carbons (Fsp3) is 0.545. The maximum atomic E-state index is 11.5. The van der Waals surface area contributed by atoms with Crippen LogP contribution in [-0.4, -0.2) is 22.4 Å². The first kappa shape index (κ1) is 10.1. The van der Waals surface area contributed by atoms with Gasteiger partial charge >= 0.3 is 0 Å². The predicted molar refractivity (Wildman–Crippen MR) is 56.0 cm³/mol. The molecule has 0 saturated carbocycles. The summed E-state index contributed by atoms with van der Waals surface area (Å²) < 4.78 is 0. The van der Waals surface area contributed by atoms with Crippen LogP contribution >= 0.6 is 0 Å². The van der Waals surface area contributed by atoms with E-state index in [1.54, 1.807) is 0 Å². The molecule has 0 aliphatic carbocycles. The second kappa shape index (κ2) is 4.38. The van der Waals surface area contributed by atoms with Gasteiger partial charge in [-0.15, -0.1) is 0 Å². The smallest absolute Gasteiger partial charge is 0.223 e. The molecule has 1 N–H and O–H groups in total. The molecule has 1 saturated heterocycles. The van der Waals surface area contributed by atoms with Crippen molar-refractivity contribution in [1.29, 1.82) is 0 Å². The average molecular weight is 205 g/mol. The first-order chi connectivity index (χ1) is 7.31. The van der Waals surface area contributed by atoms with Crippen LogP contribution in [0.3, 0.4) is 0 Å². The van der Waals surface area contributed by atoms with Gasteiger partial charge in [0, 0.05) is 24.9 Å². The van der Waals surface area contributed by atoms with Crippen LogP contribution in [0.25, 0.3) is 0 Å². The Kier molecular flexibility index (Phi) is 2.94. The molecule has 2 atom stereocenters. The quantitative estimate of drug-likeness (QED) is 0.793. The largest absolute Gasteiger partial charge is 0.356 e. The number of nitrogens with zero attached hydrogens (tertiary/aromatic N) is 2. The lowest BCUT2D eigenvalue weighted by Gasteiger charge is -2.13. The van der Waals surface area contributed by atoms with Gasteiger partial charge in [-0.25, -0.2) is 9.97 Å². The van der Waals surface area contributed by atoms with Crippen molar-refractivity contribution in [3.8, 4) is 0 Å². The van der Waals surface area contributed by atoms with Crippen LogP contribution in [0.1, 0.15) is 18.9 Å². The topological polar surface area (TPSA) is 54.9 Å². The normalized spacial score (nSPS) is 25.3. The summed E-state index contributed by atoms with van der Waals surface area (Å²) in [6.07, 6.45) is 6.96. The molecule has 1 aromatic heterocycles. The second-order valence-corrected chi connectivity index (χ2v) is 3.97. The van der Waals surface area contributed by atoms with Crippen molar-refractivity contribution in [2.75, 3.05) is 6.54 Å². The van der Waals surface area contributed by atoms with Crippen molar-refractivity contribution in [2.24, 2.45) is 11.8 Å². The maximum Gasteiger partial charge on any atom is 0.223 e. The SMILES string of the molecule is CCC1C(=O)NCC1Cc1cncnc1. The number of nitrogens with one attached hydrogen (secondary N) is 1. The molecule has 2 rings (SSSR count). The highest BCUT2D eigenvalue weighted by atomic mass is 16.2. The second-order valence-electron chi connectivity index (χ2n) is 3.97. The third-order valence-corrected chi connectivity index (χ3v) is 3.00. The number of carbonyl (C=O) groups is 1. The molecule has 1 aliphatic heterocycles. The van der Waals surface area contributed by atoms with Gasteiger partial charge in [-0.1, -0.05) is 6.92 Å². The van der Waals surface area contributed by atoms with Crippen molar-refractivity contribution in [3.05, 3.63) is 24.3 Å². The number of aromatic nitrogens is 2. The van der Waals surface area contributed by atoms with Crippen LogP contribution in [0, 0.1) is 11.8 Å². The summed E-state index contributed by atoms with van der Waals surface area (Å²) in [5.41, 5.74) is 1.11. The zero-order valence-electron chi connectivity index (χ0n) is 8.81. The number of hydrogen-bond acceptors (Lipinski definition) is 3. The van der Waals surface area contributed by atoms with Crippen molar-refractivity contribution in [3.63, 3.8) is 0 Å². The summed E-state index contributed by atoms with van der Waals surface area (Å²) in [4.78, 5) is 19.4. The Morgan fingerprint density at radius 1 is 1.47 bits per heavy atom. The van der Waals surface area contributed by atoms with Gasteiger partial charge in [-0.2, -0.15) is 0 Å². The Morgan fingerprint density at radius 3 is 2.87 bits per heavy atom. The lowest BCUT2D eigenvalue weighted by atomic mass is 9.88. The molecule has 1 aliphatic rings. The molecule has 1 amide bonds. The number of rotatable bonds is 3. The highest BCUT2D eigenvalue weighted by Gasteiger charge is 2.32. The molecular formula is C11H15N3O. The third kappa shape index (κ3) is 2.14. The molecule has 0 spiro atoms. The van der Waals surface area contributed by atoms with Crippen LogP contribution in [0.15, 0.2) is 18.7 Å².